The number of hydrogen-bond donors (Lipinski definition) is 0. The molecule has 2 nitrogen and oxygen atoms in total. The maximum atomic E-state index is 6.29. The first kappa shape index (κ1) is 13.3. The van der Waals surface area contributed by atoms with Crippen molar-refractivity contribution in [3.63, 3.8) is 0 Å². The summed E-state index contributed by atoms with van der Waals surface area (Å²) < 4.78 is 2.35. The number of hydrogen-bond acceptors (Lipinski definition) is 1. The smallest absolute Gasteiger partial charge is 0.125 e. The third-order valence-electron chi connectivity index (χ3n) is 4.41. The molecule has 0 amide bonds. The van der Waals surface area contributed by atoms with Gasteiger partial charge >= 0.3 is 0 Å². The summed E-state index contributed by atoms with van der Waals surface area (Å²) in [5, 5.41) is 0.802. The number of halogens is 2. The van der Waals surface area contributed by atoms with Crippen LogP contribution in [0.15, 0.2) is 12.1 Å². The topological polar surface area (TPSA) is 17.8 Å². The molecule has 1 aromatic heterocycles. The fourth-order valence-electron chi connectivity index (χ4n) is 3.38. The average molecular weight is 297 g/mol. The van der Waals surface area contributed by atoms with Crippen LogP contribution in [0.2, 0.25) is 5.02 Å². The lowest BCUT2D eigenvalue weighted by Gasteiger charge is -2.29. The number of benzene rings is 1. The number of fused-ring (bicyclic) bond motifs is 1. The zero-order chi connectivity index (χ0) is 13.6. The van der Waals surface area contributed by atoms with Gasteiger partial charge in [0.2, 0.25) is 0 Å². The molecule has 0 bridgehead atoms. The first-order chi connectivity index (χ1) is 9.07. The average Bonchev–Trinajstić information content (AvgIpc) is 2.98. The Balaban J connectivity index is 2.34. The molecule has 0 N–H and O–H groups in total. The Labute approximate surface area is 123 Å². The second-order valence-corrected chi connectivity index (χ2v) is 6.42. The Hall–Kier alpha value is -0.730. The highest BCUT2D eigenvalue weighted by atomic mass is 35.5. The van der Waals surface area contributed by atoms with E-state index < -0.39 is 0 Å². The van der Waals surface area contributed by atoms with Crippen LogP contribution in [0.1, 0.15) is 44.0 Å². The molecule has 0 saturated heterocycles. The summed E-state index contributed by atoms with van der Waals surface area (Å²) >= 11 is 12.4. The molecule has 1 aliphatic rings. The van der Waals surface area contributed by atoms with Gasteiger partial charge in [-0.05, 0) is 44.4 Å². The summed E-state index contributed by atoms with van der Waals surface area (Å²) in [6.07, 6.45) is 4.93. The monoisotopic (exact) mass is 296 g/mol. The minimum absolute atomic E-state index is 0.133. The summed E-state index contributed by atoms with van der Waals surface area (Å²) in [6.45, 7) is 4.39. The van der Waals surface area contributed by atoms with Crippen molar-refractivity contribution in [1.82, 2.24) is 9.55 Å². The fraction of sp³-hybridized carbons (Fsp3) is 0.533. The van der Waals surface area contributed by atoms with Gasteiger partial charge in [-0.15, -0.1) is 11.6 Å². The Morgan fingerprint density at radius 2 is 2.00 bits per heavy atom. The minimum atomic E-state index is 0.133. The molecule has 2 aromatic rings. The molecule has 102 valence electrons. The van der Waals surface area contributed by atoms with Gasteiger partial charge in [0.05, 0.1) is 16.9 Å². The Morgan fingerprint density at radius 1 is 1.32 bits per heavy atom. The van der Waals surface area contributed by atoms with Crippen molar-refractivity contribution < 1.29 is 0 Å². The van der Waals surface area contributed by atoms with Crippen LogP contribution < -0.4 is 0 Å². The lowest BCUT2D eigenvalue weighted by Crippen LogP contribution is -2.28. The molecule has 0 unspecified atom stereocenters. The van der Waals surface area contributed by atoms with E-state index in [1.54, 1.807) is 0 Å². The molecular weight excluding hydrogens is 279 g/mol. The van der Waals surface area contributed by atoms with Crippen LogP contribution in [0, 0.1) is 6.92 Å². The van der Waals surface area contributed by atoms with E-state index in [-0.39, 0.29) is 5.54 Å². The van der Waals surface area contributed by atoms with Gasteiger partial charge in [0.25, 0.3) is 0 Å². The normalized spacial score (nSPS) is 18.3. The van der Waals surface area contributed by atoms with Crippen molar-refractivity contribution in [2.75, 3.05) is 0 Å². The number of alkyl halides is 1. The van der Waals surface area contributed by atoms with Crippen molar-refractivity contribution in [2.45, 2.75) is 50.9 Å². The third kappa shape index (κ3) is 1.96. The summed E-state index contributed by atoms with van der Waals surface area (Å²) in [5.41, 5.74) is 3.41. The van der Waals surface area contributed by atoms with Crippen LogP contribution in [0.4, 0.5) is 0 Å². The van der Waals surface area contributed by atoms with E-state index in [1.807, 2.05) is 12.1 Å². The molecule has 19 heavy (non-hydrogen) atoms. The van der Waals surface area contributed by atoms with Gasteiger partial charge in [-0.25, -0.2) is 4.98 Å². The zero-order valence-corrected chi connectivity index (χ0v) is 12.9. The van der Waals surface area contributed by atoms with Crippen LogP contribution >= 0.6 is 23.2 Å². The van der Waals surface area contributed by atoms with Gasteiger partial charge in [0, 0.05) is 10.6 Å². The van der Waals surface area contributed by atoms with E-state index in [0.717, 1.165) is 27.4 Å². The Morgan fingerprint density at radius 3 is 2.63 bits per heavy atom. The largest absolute Gasteiger partial charge is 0.321 e. The second-order valence-electron chi connectivity index (χ2n) is 5.74. The molecule has 0 spiro atoms. The second kappa shape index (κ2) is 4.68. The predicted octanol–water partition coefficient (Wildman–Crippen LogP) is 5.03. The SMILES string of the molecule is Cc1c(Cl)ccc2nc(CCl)n(C3(C)CCCC3)c12. The van der Waals surface area contributed by atoms with E-state index in [9.17, 15) is 0 Å². The first-order valence-corrected chi connectivity index (χ1v) is 7.71. The molecule has 3 rings (SSSR count). The summed E-state index contributed by atoms with van der Waals surface area (Å²) in [4.78, 5) is 4.70. The van der Waals surface area contributed by atoms with Gasteiger partial charge in [0.1, 0.15) is 5.82 Å². The van der Waals surface area contributed by atoms with Crippen LogP contribution in [0.5, 0.6) is 0 Å². The number of aryl methyl sites for hydroxylation is 1. The van der Waals surface area contributed by atoms with Gasteiger partial charge in [0.15, 0.2) is 0 Å². The van der Waals surface area contributed by atoms with Crippen molar-refractivity contribution in [3.05, 3.63) is 28.5 Å². The van der Waals surface area contributed by atoms with Gasteiger partial charge in [-0.2, -0.15) is 0 Å². The third-order valence-corrected chi connectivity index (χ3v) is 5.06. The number of imidazole rings is 1. The summed E-state index contributed by atoms with van der Waals surface area (Å²) in [6, 6.07) is 3.92. The first-order valence-electron chi connectivity index (χ1n) is 6.80. The summed E-state index contributed by atoms with van der Waals surface area (Å²) in [7, 11) is 0. The van der Waals surface area contributed by atoms with E-state index in [1.165, 1.54) is 25.7 Å². The van der Waals surface area contributed by atoms with Gasteiger partial charge < -0.3 is 4.57 Å². The Bertz CT molecular complexity index is 625. The fourth-order valence-corrected chi connectivity index (χ4v) is 3.72. The Kier molecular flexibility index (Phi) is 3.26. The van der Waals surface area contributed by atoms with Crippen LogP contribution in [-0.2, 0) is 11.4 Å². The lowest BCUT2D eigenvalue weighted by molar-refractivity contribution is 0.331. The van der Waals surface area contributed by atoms with Crippen molar-refractivity contribution in [1.29, 1.82) is 0 Å². The van der Waals surface area contributed by atoms with Crippen LogP contribution in [0.25, 0.3) is 11.0 Å². The summed E-state index contributed by atoms with van der Waals surface area (Å²) in [5.74, 6) is 1.41. The van der Waals surface area contributed by atoms with E-state index in [2.05, 4.69) is 18.4 Å². The van der Waals surface area contributed by atoms with Crippen molar-refractivity contribution in [2.24, 2.45) is 0 Å². The zero-order valence-electron chi connectivity index (χ0n) is 11.3. The van der Waals surface area contributed by atoms with E-state index in [4.69, 9.17) is 28.2 Å². The molecule has 1 aromatic carbocycles. The highest BCUT2D eigenvalue weighted by Gasteiger charge is 2.34. The number of aromatic nitrogens is 2. The van der Waals surface area contributed by atoms with Crippen LogP contribution in [0.3, 0.4) is 0 Å². The highest BCUT2D eigenvalue weighted by molar-refractivity contribution is 6.32. The van der Waals surface area contributed by atoms with Gasteiger partial charge in [-0.1, -0.05) is 24.4 Å². The maximum absolute atomic E-state index is 6.29. The predicted molar refractivity (Wildman–Crippen MR) is 81.2 cm³/mol. The number of rotatable bonds is 2. The minimum Gasteiger partial charge on any atom is -0.321 e. The van der Waals surface area contributed by atoms with Crippen molar-refractivity contribution >= 4 is 34.2 Å². The molecule has 1 fully saturated rings. The van der Waals surface area contributed by atoms with E-state index in [0.29, 0.717) is 5.88 Å². The lowest BCUT2D eigenvalue weighted by atomic mass is 9.99. The molecule has 4 heteroatoms. The quantitative estimate of drug-likeness (QED) is 0.711. The molecule has 0 atom stereocenters. The molecule has 1 saturated carbocycles. The molecule has 1 heterocycles. The standard InChI is InChI=1S/C15H18Cl2N2/c1-10-11(17)5-6-12-14(10)19(13(9-16)18-12)15(2)7-3-4-8-15/h5-6H,3-4,7-9H2,1-2H3. The molecular formula is C15H18Cl2N2. The maximum Gasteiger partial charge on any atom is 0.125 e. The highest BCUT2D eigenvalue weighted by Crippen LogP contribution is 2.41. The number of nitrogens with zero attached hydrogens (tertiary/aromatic N) is 2. The molecule has 1 aliphatic carbocycles. The molecule has 0 radical (unpaired) electrons. The van der Waals surface area contributed by atoms with Gasteiger partial charge in [-0.3, -0.25) is 0 Å². The van der Waals surface area contributed by atoms with Crippen LogP contribution in [-0.4, -0.2) is 9.55 Å². The van der Waals surface area contributed by atoms with E-state index >= 15 is 0 Å². The van der Waals surface area contributed by atoms with Crippen molar-refractivity contribution in [3.8, 4) is 0 Å². The molecule has 0 aliphatic heterocycles.